The molecule has 0 heterocycles. The molecule has 0 atom stereocenters. The third-order valence-electron chi connectivity index (χ3n) is 3.49. The fourth-order valence-electron chi connectivity index (χ4n) is 2.28. The summed E-state index contributed by atoms with van der Waals surface area (Å²) in [5.41, 5.74) is 3.38. The summed E-state index contributed by atoms with van der Waals surface area (Å²) >= 11 is 0. The van der Waals surface area contributed by atoms with Crippen LogP contribution in [0.15, 0.2) is 18.2 Å². The van der Waals surface area contributed by atoms with Crippen molar-refractivity contribution in [1.29, 1.82) is 0 Å². The predicted molar refractivity (Wildman–Crippen MR) is 86.5 cm³/mol. The van der Waals surface area contributed by atoms with Gasteiger partial charge in [0.15, 0.2) is 0 Å². The first-order valence-electron chi connectivity index (χ1n) is 7.76. The number of aryl methyl sites for hydroxylation is 1. The molecule has 0 saturated carbocycles. The molecule has 0 fully saturated rings. The number of rotatable bonds is 7. The molecule has 1 aromatic rings. The van der Waals surface area contributed by atoms with Crippen molar-refractivity contribution in [2.75, 3.05) is 11.9 Å². The lowest BCUT2D eigenvalue weighted by molar-refractivity contribution is 0.252. The van der Waals surface area contributed by atoms with Crippen molar-refractivity contribution in [3.8, 4) is 0 Å². The molecule has 3 heteroatoms. The summed E-state index contributed by atoms with van der Waals surface area (Å²) in [5, 5.41) is 5.97. The summed E-state index contributed by atoms with van der Waals surface area (Å²) in [5.74, 6) is 0.400. The van der Waals surface area contributed by atoms with Crippen molar-refractivity contribution in [2.24, 2.45) is 0 Å². The number of hydrogen-bond donors (Lipinski definition) is 2. The summed E-state index contributed by atoms with van der Waals surface area (Å²) in [6.45, 7) is 9.32. The fourth-order valence-corrected chi connectivity index (χ4v) is 2.28. The molecule has 0 spiro atoms. The Morgan fingerprint density at radius 3 is 2.55 bits per heavy atom. The van der Waals surface area contributed by atoms with E-state index in [1.807, 2.05) is 0 Å². The van der Waals surface area contributed by atoms with Gasteiger partial charge in [0.05, 0.1) is 0 Å². The molecular formula is C17H28N2O. The van der Waals surface area contributed by atoms with E-state index in [2.05, 4.69) is 56.5 Å². The summed E-state index contributed by atoms with van der Waals surface area (Å²) in [7, 11) is 0. The van der Waals surface area contributed by atoms with E-state index in [0.717, 1.165) is 31.5 Å². The molecule has 0 aromatic heterocycles. The first-order chi connectivity index (χ1) is 9.60. The van der Waals surface area contributed by atoms with E-state index in [4.69, 9.17) is 0 Å². The number of urea groups is 1. The molecule has 0 bridgehead atoms. The molecule has 0 aliphatic rings. The summed E-state index contributed by atoms with van der Waals surface area (Å²) in [6, 6.07) is 6.15. The lowest BCUT2D eigenvalue weighted by atomic mass is 9.96. The van der Waals surface area contributed by atoms with E-state index >= 15 is 0 Å². The smallest absolute Gasteiger partial charge is 0.319 e. The Bertz CT molecular complexity index is 427. The van der Waals surface area contributed by atoms with Gasteiger partial charge >= 0.3 is 6.03 Å². The second kappa shape index (κ2) is 8.62. The molecule has 3 nitrogen and oxygen atoms in total. The van der Waals surface area contributed by atoms with Gasteiger partial charge in [-0.3, -0.25) is 0 Å². The van der Waals surface area contributed by atoms with Gasteiger partial charge in [-0.1, -0.05) is 58.7 Å². The first-order valence-corrected chi connectivity index (χ1v) is 7.76. The molecule has 0 saturated heterocycles. The first kappa shape index (κ1) is 16.5. The molecule has 0 unspecified atom stereocenters. The Hall–Kier alpha value is -1.51. The van der Waals surface area contributed by atoms with Crippen LogP contribution >= 0.6 is 0 Å². The Labute approximate surface area is 123 Å². The number of benzene rings is 1. The Kier molecular flexibility index (Phi) is 7.13. The summed E-state index contributed by atoms with van der Waals surface area (Å²) in [4.78, 5) is 12.0. The van der Waals surface area contributed by atoms with Gasteiger partial charge in [-0.25, -0.2) is 4.79 Å². The zero-order chi connectivity index (χ0) is 15.0. The number of amides is 2. The highest BCUT2D eigenvalue weighted by atomic mass is 16.2. The van der Waals surface area contributed by atoms with Crippen molar-refractivity contribution in [3.05, 3.63) is 29.3 Å². The minimum Gasteiger partial charge on any atom is -0.338 e. The molecule has 2 N–H and O–H groups in total. The quantitative estimate of drug-likeness (QED) is 0.697. The van der Waals surface area contributed by atoms with E-state index < -0.39 is 0 Å². The minimum absolute atomic E-state index is 0.0936. The van der Waals surface area contributed by atoms with Gasteiger partial charge in [0.1, 0.15) is 0 Å². The van der Waals surface area contributed by atoms with E-state index in [-0.39, 0.29) is 6.03 Å². The van der Waals surface area contributed by atoms with Gasteiger partial charge in [-0.2, -0.15) is 0 Å². The van der Waals surface area contributed by atoms with Crippen LogP contribution in [0.5, 0.6) is 0 Å². The van der Waals surface area contributed by atoms with Crippen LogP contribution in [0.25, 0.3) is 0 Å². The van der Waals surface area contributed by atoms with Crippen LogP contribution in [0.3, 0.4) is 0 Å². The minimum atomic E-state index is -0.0936. The molecule has 112 valence electrons. The monoisotopic (exact) mass is 276 g/mol. The van der Waals surface area contributed by atoms with Crippen molar-refractivity contribution in [1.82, 2.24) is 5.32 Å². The molecule has 20 heavy (non-hydrogen) atoms. The zero-order valence-corrected chi connectivity index (χ0v) is 13.3. The van der Waals surface area contributed by atoms with E-state index in [0.29, 0.717) is 5.92 Å². The maximum Gasteiger partial charge on any atom is 0.319 e. The molecule has 0 aliphatic carbocycles. The fraction of sp³-hybridized carbons (Fsp3) is 0.588. The summed E-state index contributed by atoms with van der Waals surface area (Å²) < 4.78 is 0. The largest absolute Gasteiger partial charge is 0.338 e. The maximum atomic E-state index is 12.0. The average molecular weight is 276 g/mol. The van der Waals surface area contributed by atoms with Crippen LogP contribution in [0.2, 0.25) is 0 Å². The van der Waals surface area contributed by atoms with E-state index in [9.17, 15) is 4.79 Å². The van der Waals surface area contributed by atoms with Crippen molar-refractivity contribution < 1.29 is 4.79 Å². The Balaban J connectivity index is 2.72. The van der Waals surface area contributed by atoms with Gasteiger partial charge in [0.2, 0.25) is 0 Å². The normalized spacial score (nSPS) is 10.7. The molecular weight excluding hydrogens is 248 g/mol. The van der Waals surface area contributed by atoms with Crippen LogP contribution in [0, 0.1) is 0 Å². The van der Waals surface area contributed by atoms with Gasteiger partial charge in [-0.15, -0.1) is 0 Å². The molecule has 2 amide bonds. The topological polar surface area (TPSA) is 41.1 Å². The SMILES string of the molecule is CCCCCNC(=O)Nc1c(CC)cccc1C(C)C. The predicted octanol–water partition coefficient (Wildman–Crippen LogP) is 4.68. The Morgan fingerprint density at radius 1 is 1.20 bits per heavy atom. The molecule has 0 radical (unpaired) electrons. The van der Waals surface area contributed by atoms with Crippen LogP contribution in [0.4, 0.5) is 10.5 Å². The van der Waals surface area contributed by atoms with Crippen molar-refractivity contribution >= 4 is 11.7 Å². The Morgan fingerprint density at radius 2 is 1.95 bits per heavy atom. The summed E-state index contributed by atoms with van der Waals surface area (Å²) in [6.07, 6.45) is 4.28. The van der Waals surface area contributed by atoms with Gasteiger partial charge in [0, 0.05) is 12.2 Å². The lowest BCUT2D eigenvalue weighted by Crippen LogP contribution is -2.30. The second-order valence-corrected chi connectivity index (χ2v) is 5.48. The van der Waals surface area contributed by atoms with Crippen molar-refractivity contribution in [3.63, 3.8) is 0 Å². The molecule has 0 aliphatic heterocycles. The van der Waals surface area contributed by atoms with Crippen LogP contribution < -0.4 is 10.6 Å². The highest BCUT2D eigenvalue weighted by Crippen LogP contribution is 2.28. The lowest BCUT2D eigenvalue weighted by Gasteiger charge is -2.18. The molecule has 1 aromatic carbocycles. The number of unbranched alkanes of at least 4 members (excludes halogenated alkanes) is 2. The highest BCUT2D eigenvalue weighted by Gasteiger charge is 2.12. The standard InChI is InChI=1S/C17H28N2O/c1-5-7-8-12-18-17(20)19-16-14(6-2)10-9-11-15(16)13(3)4/h9-11,13H,5-8,12H2,1-4H3,(H2,18,19,20). The van der Waals surface area contributed by atoms with E-state index in [1.54, 1.807) is 0 Å². The zero-order valence-electron chi connectivity index (χ0n) is 13.3. The number of hydrogen-bond acceptors (Lipinski definition) is 1. The third-order valence-corrected chi connectivity index (χ3v) is 3.49. The highest BCUT2D eigenvalue weighted by molar-refractivity contribution is 5.91. The number of carbonyl (C=O) groups excluding carboxylic acids is 1. The number of para-hydroxylation sites is 1. The third kappa shape index (κ3) is 4.87. The van der Waals surface area contributed by atoms with Crippen LogP contribution in [-0.2, 0) is 6.42 Å². The van der Waals surface area contributed by atoms with Crippen LogP contribution in [-0.4, -0.2) is 12.6 Å². The van der Waals surface area contributed by atoms with Gasteiger partial charge in [0.25, 0.3) is 0 Å². The van der Waals surface area contributed by atoms with Gasteiger partial charge < -0.3 is 10.6 Å². The van der Waals surface area contributed by atoms with Crippen LogP contribution in [0.1, 0.15) is 64.0 Å². The average Bonchev–Trinajstić information content (AvgIpc) is 2.43. The van der Waals surface area contributed by atoms with Gasteiger partial charge in [-0.05, 0) is 29.9 Å². The van der Waals surface area contributed by atoms with E-state index in [1.165, 1.54) is 17.5 Å². The number of nitrogens with one attached hydrogen (secondary N) is 2. The van der Waals surface area contributed by atoms with Crippen molar-refractivity contribution in [2.45, 2.75) is 59.3 Å². The number of carbonyl (C=O) groups is 1. The maximum absolute atomic E-state index is 12.0. The number of anilines is 1. The molecule has 1 rings (SSSR count). The second-order valence-electron chi connectivity index (χ2n) is 5.48.